The number of benzene rings is 1. The number of nitrogens with zero attached hydrogens (tertiary/aromatic N) is 5. The normalized spacial score (nSPS) is 13.8. The van der Waals surface area contributed by atoms with Crippen LogP contribution >= 0.6 is 0 Å². The van der Waals surface area contributed by atoms with Gasteiger partial charge in [0.2, 0.25) is 5.91 Å². The van der Waals surface area contributed by atoms with E-state index in [9.17, 15) is 9.59 Å². The molecule has 8 heteroatoms. The largest absolute Gasteiger partial charge is 0.353 e. The molecule has 138 valence electrons. The third-order valence-corrected chi connectivity index (χ3v) is 4.40. The SMILES string of the molecule is CC(=O)N1CCN(c2cc(C(=O)Nc3ccccc3C#N)nc(C)n2)CC1. The Morgan fingerprint density at radius 2 is 1.85 bits per heavy atom. The summed E-state index contributed by atoms with van der Waals surface area (Å²) in [6.07, 6.45) is 0. The molecule has 0 bridgehead atoms. The number of hydrogen-bond donors (Lipinski definition) is 1. The molecule has 0 saturated carbocycles. The molecule has 0 spiro atoms. The zero-order valence-corrected chi connectivity index (χ0v) is 15.3. The Balaban J connectivity index is 1.78. The summed E-state index contributed by atoms with van der Waals surface area (Å²) in [5.41, 5.74) is 1.06. The lowest BCUT2D eigenvalue weighted by Gasteiger charge is -2.35. The van der Waals surface area contributed by atoms with Crippen molar-refractivity contribution in [2.45, 2.75) is 13.8 Å². The average molecular weight is 364 g/mol. The zero-order valence-electron chi connectivity index (χ0n) is 15.3. The number of nitriles is 1. The van der Waals surface area contributed by atoms with E-state index in [-0.39, 0.29) is 11.6 Å². The highest BCUT2D eigenvalue weighted by Gasteiger charge is 2.21. The number of carbonyl (C=O) groups excluding carboxylic acids is 2. The summed E-state index contributed by atoms with van der Waals surface area (Å²) in [4.78, 5) is 36.6. The highest BCUT2D eigenvalue weighted by atomic mass is 16.2. The Bertz CT molecular complexity index is 913. The molecule has 1 aliphatic rings. The summed E-state index contributed by atoms with van der Waals surface area (Å²) in [7, 11) is 0. The first-order valence-corrected chi connectivity index (χ1v) is 8.64. The minimum atomic E-state index is -0.396. The quantitative estimate of drug-likeness (QED) is 0.887. The molecular weight excluding hydrogens is 344 g/mol. The van der Waals surface area contributed by atoms with Gasteiger partial charge in [0.15, 0.2) is 0 Å². The minimum Gasteiger partial charge on any atom is -0.353 e. The van der Waals surface area contributed by atoms with Gasteiger partial charge in [-0.3, -0.25) is 9.59 Å². The van der Waals surface area contributed by atoms with Crippen LogP contribution in [-0.2, 0) is 4.79 Å². The van der Waals surface area contributed by atoms with Gasteiger partial charge in [0.05, 0.1) is 11.3 Å². The van der Waals surface area contributed by atoms with Crippen molar-refractivity contribution < 1.29 is 9.59 Å². The third-order valence-electron chi connectivity index (χ3n) is 4.40. The monoisotopic (exact) mass is 364 g/mol. The second-order valence-corrected chi connectivity index (χ2v) is 6.26. The summed E-state index contributed by atoms with van der Waals surface area (Å²) >= 11 is 0. The number of anilines is 2. The number of amides is 2. The number of para-hydroxylation sites is 1. The predicted octanol–water partition coefficient (Wildman–Crippen LogP) is 1.58. The van der Waals surface area contributed by atoms with Crippen LogP contribution in [0.1, 0.15) is 28.8 Å². The lowest BCUT2D eigenvalue weighted by atomic mass is 10.2. The van der Waals surface area contributed by atoms with Gasteiger partial charge in [-0.15, -0.1) is 0 Å². The van der Waals surface area contributed by atoms with Gasteiger partial charge in [-0.2, -0.15) is 5.26 Å². The van der Waals surface area contributed by atoms with Crippen molar-refractivity contribution in [2.24, 2.45) is 0 Å². The van der Waals surface area contributed by atoms with Crippen LogP contribution < -0.4 is 10.2 Å². The molecule has 0 radical (unpaired) electrons. The van der Waals surface area contributed by atoms with Gasteiger partial charge in [0, 0.05) is 39.2 Å². The van der Waals surface area contributed by atoms with Crippen molar-refractivity contribution in [3.05, 3.63) is 47.4 Å². The third kappa shape index (κ3) is 4.20. The summed E-state index contributed by atoms with van der Waals surface area (Å²) in [6.45, 7) is 5.83. The molecule has 1 aliphatic heterocycles. The van der Waals surface area contributed by atoms with Gasteiger partial charge in [0.1, 0.15) is 23.4 Å². The molecule has 1 fully saturated rings. The molecule has 1 aromatic carbocycles. The maximum absolute atomic E-state index is 12.6. The van der Waals surface area contributed by atoms with Crippen LogP contribution in [0.3, 0.4) is 0 Å². The number of carbonyl (C=O) groups is 2. The van der Waals surface area contributed by atoms with E-state index in [0.29, 0.717) is 49.1 Å². The van der Waals surface area contributed by atoms with Crippen molar-refractivity contribution in [1.82, 2.24) is 14.9 Å². The number of aromatic nitrogens is 2. The fourth-order valence-corrected chi connectivity index (χ4v) is 2.96. The highest BCUT2D eigenvalue weighted by molar-refractivity contribution is 6.04. The topological polar surface area (TPSA) is 102 Å². The zero-order chi connectivity index (χ0) is 19.4. The van der Waals surface area contributed by atoms with E-state index in [1.165, 1.54) is 0 Å². The maximum Gasteiger partial charge on any atom is 0.274 e. The second-order valence-electron chi connectivity index (χ2n) is 6.26. The van der Waals surface area contributed by atoms with Crippen LogP contribution in [-0.4, -0.2) is 52.9 Å². The average Bonchev–Trinajstić information content (AvgIpc) is 2.68. The molecule has 0 atom stereocenters. The fraction of sp³-hybridized carbons (Fsp3) is 0.316. The van der Waals surface area contributed by atoms with Crippen LogP contribution in [0.5, 0.6) is 0 Å². The van der Waals surface area contributed by atoms with Gasteiger partial charge < -0.3 is 15.1 Å². The van der Waals surface area contributed by atoms with Crippen LogP contribution in [0.25, 0.3) is 0 Å². The molecule has 27 heavy (non-hydrogen) atoms. The fourth-order valence-electron chi connectivity index (χ4n) is 2.96. The van der Waals surface area contributed by atoms with E-state index in [4.69, 9.17) is 5.26 Å². The smallest absolute Gasteiger partial charge is 0.274 e. The number of nitrogens with one attached hydrogen (secondary N) is 1. The summed E-state index contributed by atoms with van der Waals surface area (Å²) in [6, 6.07) is 10.5. The molecule has 2 amide bonds. The Labute approximate surface area is 157 Å². The van der Waals surface area contributed by atoms with Gasteiger partial charge in [0.25, 0.3) is 5.91 Å². The Hall–Kier alpha value is -3.47. The first-order valence-electron chi connectivity index (χ1n) is 8.64. The first-order chi connectivity index (χ1) is 13.0. The molecule has 0 aliphatic carbocycles. The van der Waals surface area contributed by atoms with Crippen LogP contribution in [0.15, 0.2) is 30.3 Å². The number of hydrogen-bond acceptors (Lipinski definition) is 6. The minimum absolute atomic E-state index is 0.0599. The Morgan fingerprint density at radius 3 is 2.52 bits per heavy atom. The second kappa shape index (κ2) is 7.83. The molecule has 1 aromatic heterocycles. The van der Waals surface area contributed by atoms with Crippen molar-refractivity contribution >= 4 is 23.3 Å². The molecule has 2 aromatic rings. The van der Waals surface area contributed by atoms with Gasteiger partial charge >= 0.3 is 0 Å². The van der Waals surface area contributed by atoms with Gasteiger partial charge in [-0.05, 0) is 19.1 Å². The lowest BCUT2D eigenvalue weighted by Crippen LogP contribution is -2.48. The summed E-state index contributed by atoms with van der Waals surface area (Å²) < 4.78 is 0. The molecule has 1 N–H and O–H groups in total. The van der Waals surface area contributed by atoms with E-state index in [1.54, 1.807) is 49.1 Å². The highest BCUT2D eigenvalue weighted by Crippen LogP contribution is 2.18. The lowest BCUT2D eigenvalue weighted by molar-refractivity contribution is -0.129. The van der Waals surface area contributed by atoms with Gasteiger partial charge in [-0.1, -0.05) is 12.1 Å². The van der Waals surface area contributed by atoms with Crippen LogP contribution in [0.4, 0.5) is 11.5 Å². The number of rotatable bonds is 3. The number of aryl methyl sites for hydroxylation is 1. The molecule has 8 nitrogen and oxygen atoms in total. The molecular formula is C19H20N6O2. The Morgan fingerprint density at radius 1 is 1.15 bits per heavy atom. The van der Waals surface area contributed by atoms with Crippen molar-refractivity contribution in [3.8, 4) is 6.07 Å². The predicted molar refractivity (Wildman–Crippen MR) is 100 cm³/mol. The van der Waals surface area contributed by atoms with Crippen molar-refractivity contribution in [1.29, 1.82) is 5.26 Å². The number of piperazine rings is 1. The van der Waals surface area contributed by atoms with E-state index in [1.807, 2.05) is 4.90 Å². The maximum atomic E-state index is 12.6. The molecule has 3 rings (SSSR count). The van der Waals surface area contributed by atoms with E-state index < -0.39 is 5.91 Å². The van der Waals surface area contributed by atoms with Crippen LogP contribution in [0.2, 0.25) is 0 Å². The first kappa shape index (κ1) is 18.3. The van der Waals surface area contributed by atoms with Crippen molar-refractivity contribution in [2.75, 3.05) is 36.4 Å². The standard InChI is InChI=1S/C19H20N6O2/c1-13-21-17(19(27)23-16-6-4-3-5-15(16)12-20)11-18(22-13)25-9-7-24(8-10-25)14(2)26/h3-6,11H,7-10H2,1-2H3,(H,23,27). The molecule has 2 heterocycles. The molecule has 1 saturated heterocycles. The summed E-state index contributed by atoms with van der Waals surface area (Å²) in [5.74, 6) is 0.807. The molecule has 0 unspecified atom stereocenters. The van der Waals surface area contributed by atoms with Crippen LogP contribution in [0, 0.1) is 18.3 Å². The van der Waals surface area contributed by atoms with E-state index >= 15 is 0 Å². The Kier molecular flexibility index (Phi) is 5.31. The van der Waals surface area contributed by atoms with E-state index in [0.717, 1.165) is 0 Å². The summed E-state index contributed by atoms with van der Waals surface area (Å²) in [5, 5.41) is 11.9. The van der Waals surface area contributed by atoms with Gasteiger partial charge in [-0.25, -0.2) is 9.97 Å². The van der Waals surface area contributed by atoms with Crippen molar-refractivity contribution in [3.63, 3.8) is 0 Å². The van der Waals surface area contributed by atoms with E-state index in [2.05, 4.69) is 21.4 Å².